The van der Waals surface area contributed by atoms with E-state index in [1.807, 2.05) is 42.5 Å². The van der Waals surface area contributed by atoms with Crippen LogP contribution in [-0.4, -0.2) is 23.2 Å². The molecule has 4 rings (SSSR count). The van der Waals surface area contributed by atoms with Crippen LogP contribution >= 0.6 is 0 Å². The lowest BCUT2D eigenvalue weighted by atomic mass is 10.1. The Bertz CT molecular complexity index is 1300. The summed E-state index contributed by atoms with van der Waals surface area (Å²) in [5.74, 6) is 0.373. The Morgan fingerprint density at radius 3 is 2.41 bits per heavy atom. The van der Waals surface area contributed by atoms with E-state index in [1.54, 1.807) is 37.4 Å². The topological polar surface area (TPSA) is 72.8 Å². The number of carbonyl (C=O) groups excluding carboxylic acids is 1. The van der Waals surface area contributed by atoms with Gasteiger partial charge in [-0.1, -0.05) is 30.3 Å². The number of hydrazone groups is 1. The lowest BCUT2D eigenvalue weighted by Gasteiger charge is -2.09. The maximum Gasteiger partial charge on any atom is 0.387 e. The van der Waals surface area contributed by atoms with Crippen LogP contribution in [0.15, 0.2) is 90.2 Å². The van der Waals surface area contributed by atoms with Crippen LogP contribution in [0.25, 0.3) is 10.9 Å². The first-order valence-electron chi connectivity index (χ1n) is 10.4. The first-order valence-corrected chi connectivity index (χ1v) is 10.4. The Balaban J connectivity index is 1.34. The number of ether oxygens (including phenoxy) is 2. The van der Waals surface area contributed by atoms with Gasteiger partial charge in [0.05, 0.1) is 5.71 Å². The molecule has 0 spiro atoms. The first-order chi connectivity index (χ1) is 16.5. The van der Waals surface area contributed by atoms with Crippen LogP contribution in [0.5, 0.6) is 11.5 Å². The summed E-state index contributed by atoms with van der Waals surface area (Å²) in [6, 6.07) is 22.6. The molecule has 4 aromatic rings. The summed E-state index contributed by atoms with van der Waals surface area (Å²) in [6.07, 6.45) is 1.73. The third-order valence-electron chi connectivity index (χ3n) is 5.03. The van der Waals surface area contributed by atoms with Crippen molar-refractivity contribution in [3.05, 3.63) is 102 Å². The van der Waals surface area contributed by atoms with Crippen LogP contribution in [-0.2, 0) is 6.61 Å². The molecule has 0 unspecified atom stereocenters. The molecular formula is C26H21F2N3O3. The number of fused-ring (bicyclic) bond motifs is 1. The molecule has 0 aliphatic rings. The van der Waals surface area contributed by atoms with Crippen LogP contribution < -0.4 is 14.9 Å². The number of hydrogen-bond acceptors (Lipinski definition) is 5. The largest absolute Gasteiger partial charge is 0.487 e. The van der Waals surface area contributed by atoms with E-state index in [0.29, 0.717) is 29.2 Å². The van der Waals surface area contributed by atoms with E-state index in [2.05, 4.69) is 20.2 Å². The van der Waals surface area contributed by atoms with E-state index >= 15 is 0 Å². The second-order valence-corrected chi connectivity index (χ2v) is 7.36. The summed E-state index contributed by atoms with van der Waals surface area (Å²) in [5, 5.41) is 5.09. The number of rotatable bonds is 8. The van der Waals surface area contributed by atoms with Gasteiger partial charge in [0.2, 0.25) is 0 Å². The van der Waals surface area contributed by atoms with Crippen molar-refractivity contribution in [2.45, 2.75) is 20.1 Å². The maximum atomic E-state index is 12.4. The van der Waals surface area contributed by atoms with Crippen LogP contribution in [0.4, 0.5) is 8.78 Å². The molecule has 172 valence electrons. The van der Waals surface area contributed by atoms with Gasteiger partial charge in [0.25, 0.3) is 5.91 Å². The number of nitrogens with zero attached hydrogens (tertiary/aromatic N) is 2. The number of carbonyl (C=O) groups is 1. The van der Waals surface area contributed by atoms with Gasteiger partial charge in [-0.3, -0.25) is 9.78 Å². The van der Waals surface area contributed by atoms with Crippen LogP contribution in [0.2, 0.25) is 0 Å². The van der Waals surface area contributed by atoms with Gasteiger partial charge in [0.15, 0.2) is 0 Å². The van der Waals surface area contributed by atoms with Crippen LogP contribution in [0.3, 0.4) is 0 Å². The summed E-state index contributed by atoms with van der Waals surface area (Å²) in [4.78, 5) is 16.8. The van der Waals surface area contributed by atoms with Gasteiger partial charge >= 0.3 is 6.61 Å². The van der Waals surface area contributed by atoms with E-state index in [1.165, 1.54) is 12.1 Å². The number of para-hydroxylation sites is 1. The fraction of sp³-hybridized carbons (Fsp3) is 0.115. The molecule has 1 amide bonds. The quantitative estimate of drug-likeness (QED) is 0.275. The van der Waals surface area contributed by atoms with Gasteiger partial charge in [0.1, 0.15) is 23.6 Å². The molecule has 1 aromatic heterocycles. The minimum absolute atomic E-state index is 0.0522. The average Bonchev–Trinajstić information content (AvgIpc) is 2.86. The Morgan fingerprint density at radius 1 is 0.971 bits per heavy atom. The van der Waals surface area contributed by atoms with Crippen LogP contribution in [0, 0.1) is 0 Å². The zero-order chi connectivity index (χ0) is 23.9. The number of nitrogens with one attached hydrogen (secondary N) is 1. The number of alkyl halides is 2. The Hall–Kier alpha value is -4.33. The molecule has 3 aromatic carbocycles. The van der Waals surface area contributed by atoms with E-state index in [9.17, 15) is 13.6 Å². The molecular weight excluding hydrogens is 440 g/mol. The van der Waals surface area contributed by atoms with E-state index in [-0.39, 0.29) is 11.7 Å². The minimum atomic E-state index is -2.88. The molecule has 0 bridgehead atoms. The lowest BCUT2D eigenvalue weighted by Crippen LogP contribution is -2.19. The van der Waals surface area contributed by atoms with Gasteiger partial charge in [-0.15, -0.1) is 0 Å². The molecule has 0 aliphatic heterocycles. The second-order valence-electron chi connectivity index (χ2n) is 7.36. The third-order valence-corrected chi connectivity index (χ3v) is 5.03. The predicted molar refractivity (Wildman–Crippen MR) is 125 cm³/mol. The van der Waals surface area contributed by atoms with Gasteiger partial charge in [-0.05, 0) is 66.6 Å². The lowest BCUT2D eigenvalue weighted by molar-refractivity contribution is -0.0498. The zero-order valence-electron chi connectivity index (χ0n) is 18.2. The summed E-state index contributed by atoms with van der Waals surface area (Å²) in [5.41, 5.74) is 5.82. The highest BCUT2D eigenvalue weighted by molar-refractivity contribution is 6.00. The third kappa shape index (κ3) is 5.72. The van der Waals surface area contributed by atoms with Crippen molar-refractivity contribution in [3.8, 4) is 11.5 Å². The monoisotopic (exact) mass is 461 g/mol. The summed E-state index contributed by atoms with van der Waals surface area (Å²) >= 11 is 0. The standard InChI is InChI=1S/C26H21F2N3O3/c1-17(19-11-13-22(14-12-19)34-26(27)28)30-31-25(32)21-9-7-18(8-10-21)16-33-23-6-2-4-20-5-3-15-29-24(20)23/h2-15,26H,16H2,1H3,(H,31,32)/b30-17+. The van der Waals surface area contributed by atoms with Gasteiger partial charge in [-0.2, -0.15) is 13.9 Å². The Morgan fingerprint density at radius 2 is 1.68 bits per heavy atom. The van der Waals surface area contributed by atoms with Crippen molar-refractivity contribution < 1.29 is 23.0 Å². The molecule has 0 saturated heterocycles. The van der Waals surface area contributed by atoms with Gasteiger partial charge < -0.3 is 9.47 Å². The van der Waals surface area contributed by atoms with Gasteiger partial charge in [0, 0.05) is 17.1 Å². The Labute approximate surface area is 194 Å². The molecule has 0 radical (unpaired) electrons. The predicted octanol–water partition coefficient (Wildman–Crippen LogP) is 5.57. The molecule has 8 heteroatoms. The Kier molecular flexibility index (Phi) is 7.07. The fourth-order valence-corrected chi connectivity index (χ4v) is 3.25. The highest BCUT2D eigenvalue weighted by Gasteiger charge is 2.08. The van der Waals surface area contributed by atoms with E-state index in [4.69, 9.17) is 4.74 Å². The van der Waals surface area contributed by atoms with E-state index < -0.39 is 6.61 Å². The first kappa shape index (κ1) is 22.8. The summed E-state index contributed by atoms with van der Waals surface area (Å²) < 4.78 is 34.7. The molecule has 6 nitrogen and oxygen atoms in total. The van der Waals surface area contributed by atoms with Crippen molar-refractivity contribution in [1.29, 1.82) is 0 Å². The summed E-state index contributed by atoms with van der Waals surface area (Å²) in [6.45, 7) is -0.848. The highest BCUT2D eigenvalue weighted by Crippen LogP contribution is 2.24. The highest BCUT2D eigenvalue weighted by atomic mass is 19.3. The van der Waals surface area contributed by atoms with Crippen LogP contribution in [0.1, 0.15) is 28.4 Å². The van der Waals surface area contributed by atoms with Crippen molar-refractivity contribution in [3.63, 3.8) is 0 Å². The smallest absolute Gasteiger partial charge is 0.387 e. The fourth-order valence-electron chi connectivity index (χ4n) is 3.25. The minimum Gasteiger partial charge on any atom is -0.487 e. The number of aromatic nitrogens is 1. The molecule has 1 heterocycles. The number of halogens is 2. The van der Waals surface area contributed by atoms with E-state index in [0.717, 1.165) is 16.5 Å². The number of pyridine rings is 1. The van der Waals surface area contributed by atoms with Crippen molar-refractivity contribution in [2.24, 2.45) is 5.10 Å². The van der Waals surface area contributed by atoms with Gasteiger partial charge in [-0.25, -0.2) is 5.43 Å². The number of benzene rings is 3. The molecule has 0 fully saturated rings. The molecule has 0 saturated carbocycles. The number of amides is 1. The molecule has 0 aliphatic carbocycles. The second kappa shape index (κ2) is 10.5. The average molecular weight is 461 g/mol. The van der Waals surface area contributed by atoms with Crippen molar-refractivity contribution in [1.82, 2.24) is 10.4 Å². The molecule has 0 atom stereocenters. The van der Waals surface area contributed by atoms with Crippen molar-refractivity contribution in [2.75, 3.05) is 0 Å². The summed E-state index contributed by atoms with van der Waals surface area (Å²) in [7, 11) is 0. The molecule has 34 heavy (non-hydrogen) atoms. The maximum absolute atomic E-state index is 12.4. The van der Waals surface area contributed by atoms with Crippen molar-refractivity contribution >= 4 is 22.5 Å². The SMILES string of the molecule is C/C(=N\NC(=O)c1ccc(COc2cccc3cccnc23)cc1)c1ccc(OC(F)F)cc1. The number of hydrogen-bond donors (Lipinski definition) is 1. The zero-order valence-corrected chi connectivity index (χ0v) is 18.2. The molecule has 1 N–H and O–H groups in total. The normalized spacial score (nSPS) is 11.5.